The molecule has 0 aromatic rings. The summed E-state index contributed by atoms with van der Waals surface area (Å²) in [5.74, 6) is -0.257. The first-order valence-corrected chi connectivity index (χ1v) is 7.16. The molecule has 0 radical (unpaired) electrons. The topological polar surface area (TPSA) is 69.6 Å². The van der Waals surface area contributed by atoms with Gasteiger partial charge in [-0.3, -0.25) is 4.79 Å². The number of nitrogens with zero attached hydrogens (tertiary/aromatic N) is 1. The number of hydrogen-bond acceptors (Lipinski definition) is 2. The number of carbonyl (C=O) groups is 2. The number of urea groups is 1. The molecular formula is C14H24N2O3. The zero-order chi connectivity index (χ0) is 14.0. The van der Waals surface area contributed by atoms with Gasteiger partial charge in [-0.2, -0.15) is 0 Å². The van der Waals surface area contributed by atoms with E-state index in [2.05, 4.69) is 19.2 Å². The van der Waals surface area contributed by atoms with Crippen molar-refractivity contribution in [2.24, 2.45) is 11.3 Å². The predicted octanol–water partition coefficient (Wildman–Crippen LogP) is 2.07. The third-order valence-corrected chi connectivity index (χ3v) is 4.52. The number of aliphatic carboxylic acids is 1. The number of nitrogens with one attached hydrogen (secondary N) is 1. The van der Waals surface area contributed by atoms with Crippen LogP contribution in [0.3, 0.4) is 0 Å². The highest BCUT2D eigenvalue weighted by Crippen LogP contribution is 2.50. The smallest absolute Gasteiger partial charge is 0.317 e. The van der Waals surface area contributed by atoms with Crippen LogP contribution in [0.25, 0.3) is 0 Å². The van der Waals surface area contributed by atoms with Crippen LogP contribution in [-0.4, -0.2) is 41.1 Å². The van der Waals surface area contributed by atoms with Crippen LogP contribution in [0.4, 0.5) is 4.79 Å². The first kappa shape index (κ1) is 14.2. The molecule has 0 aromatic carbocycles. The lowest BCUT2D eigenvalue weighted by atomic mass is 10.00. The van der Waals surface area contributed by atoms with Crippen molar-refractivity contribution in [2.45, 2.75) is 52.0 Å². The van der Waals surface area contributed by atoms with E-state index in [1.54, 1.807) is 4.90 Å². The number of carboxylic acid groups (broad SMARTS) is 1. The SMILES string of the molecule is CC1(C)CC1CNC(=O)N1CCCCC1CC(=O)O. The molecule has 2 atom stereocenters. The largest absolute Gasteiger partial charge is 0.481 e. The van der Waals surface area contributed by atoms with Crippen LogP contribution in [-0.2, 0) is 4.79 Å². The molecule has 1 aliphatic heterocycles. The summed E-state index contributed by atoms with van der Waals surface area (Å²) in [6.45, 7) is 5.80. The maximum atomic E-state index is 12.2. The van der Waals surface area contributed by atoms with Crippen molar-refractivity contribution in [2.75, 3.05) is 13.1 Å². The summed E-state index contributed by atoms with van der Waals surface area (Å²) in [7, 11) is 0. The number of rotatable bonds is 4. The van der Waals surface area contributed by atoms with Gasteiger partial charge in [-0.15, -0.1) is 0 Å². The van der Waals surface area contributed by atoms with E-state index in [0.717, 1.165) is 25.7 Å². The highest BCUT2D eigenvalue weighted by molar-refractivity contribution is 5.76. The molecule has 108 valence electrons. The third kappa shape index (κ3) is 3.61. The zero-order valence-corrected chi connectivity index (χ0v) is 11.8. The Labute approximate surface area is 114 Å². The molecule has 0 bridgehead atoms. The van der Waals surface area contributed by atoms with Gasteiger partial charge in [-0.05, 0) is 37.0 Å². The van der Waals surface area contributed by atoms with Crippen molar-refractivity contribution in [3.63, 3.8) is 0 Å². The van der Waals surface area contributed by atoms with E-state index in [-0.39, 0.29) is 18.5 Å². The fraction of sp³-hybridized carbons (Fsp3) is 0.857. The van der Waals surface area contributed by atoms with Crippen molar-refractivity contribution < 1.29 is 14.7 Å². The lowest BCUT2D eigenvalue weighted by Gasteiger charge is -2.35. The van der Waals surface area contributed by atoms with Gasteiger partial charge in [0, 0.05) is 19.1 Å². The highest BCUT2D eigenvalue weighted by atomic mass is 16.4. The lowest BCUT2D eigenvalue weighted by Crippen LogP contribution is -2.49. The first-order valence-electron chi connectivity index (χ1n) is 7.16. The number of hydrogen-bond donors (Lipinski definition) is 2. The molecule has 1 heterocycles. The molecule has 1 saturated carbocycles. The minimum atomic E-state index is -0.826. The summed E-state index contributed by atoms with van der Waals surface area (Å²) in [4.78, 5) is 24.7. The van der Waals surface area contributed by atoms with Crippen molar-refractivity contribution in [1.29, 1.82) is 0 Å². The fourth-order valence-corrected chi connectivity index (χ4v) is 2.92. The summed E-state index contributed by atoms with van der Waals surface area (Å²) in [5.41, 5.74) is 0.357. The Kier molecular flexibility index (Phi) is 4.02. The van der Waals surface area contributed by atoms with Crippen LogP contribution in [0.5, 0.6) is 0 Å². The van der Waals surface area contributed by atoms with Crippen molar-refractivity contribution in [1.82, 2.24) is 10.2 Å². The summed E-state index contributed by atoms with van der Waals surface area (Å²) in [6.07, 6.45) is 4.00. The van der Waals surface area contributed by atoms with Crippen LogP contribution in [0, 0.1) is 11.3 Å². The summed E-state index contributed by atoms with van der Waals surface area (Å²) in [5, 5.41) is 11.9. The Bertz CT molecular complexity index is 368. The van der Waals surface area contributed by atoms with E-state index in [1.807, 2.05) is 0 Å². The molecule has 2 unspecified atom stereocenters. The standard InChI is InChI=1S/C14H24N2O3/c1-14(2)8-10(14)9-15-13(19)16-6-4-3-5-11(16)7-12(17)18/h10-11H,3-9H2,1-2H3,(H,15,19)(H,17,18). The molecule has 2 aliphatic rings. The Morgan fingerprint density at radius 1 is 1.37 bits per heavy atom. The van der Waals surface area contributed by atoms with Crippen LogP contribution >= 0.6 is 0 Å². The average molecular weight is 268 g/mol. The zero-order valence-electron chi connectivity index (χ0n) is 11.8. The lowest BCUT2D eigenvalue weighted by molar-refractivity contribution is -0.138. The van der Waals surface area contributed by atoms with Crippen molar-refractivity contribution in [3.8, 4) is 0 Å². The maximum absolute atomic E-state index is 12.2. The number of amides is 2. The number of piperidine rings is 1. The maximum Gasteiger partial charge on any atom is 0.317 e. The Hall–Kier alpha value is -1.26. The number of carbonyl (C=O) groups excluding carboxylic acids is 1. The normalized spacial score (nSPS) is 28.8. The summed E-state index contributed by atoms with van der Waals surface area (Å²) in [6, 6.07) is -0.230. The fourth-order valence-electron chi connectivity index (χ4n) is 2.92. The van der Waals surface area contributed by atoms with E-state index >= 15 is 0 Å². The van der Waals surface area contributed by atoms with Gasteiger partial charge in [0.2, 0.25) is 0 Å². The van der Waals surface area contributed by atoms with Gasteiger partial charge in [0.05, 0.1) is 6.42 Å². The van der Waals surface area contributed by atoms with Crippen molar-refractivity contribution in [3.05, 3.63) is 0 Å². The molecule has 0 spiro atoms. The van der Waals surface area contributed by atoms with E-state index in [1.165, 1.54) is 0 Å². The molecule has 1 aliphatic carbocycles. The molecule has 2 fully saturated rings. The Balaban J connectivity index is 1.83. The Morgan fingerprint density at radius 3 is 2.63 bits per heavy atom. The molecule has 2 rings (SSSR count). The van der Waals surface area contributed by atoms with E-state index in [0.29, 0.717) is 24.4 Å². The van der Waals surface area contributed by atoms with E-state index in [9.17, 15) is 9.59 Å². The van der Waals surface area contributed by atoms with Gasteiger partial charge in [-0.1, -0.05) is 13.8 Å². The van der Waals surface area contributed by atoms with Crippen LogP contribution in [0.1, 0.15) is 46.0 Å². The van der Waals surface area contributed by atoms with Crippen LogP contribution in [0.2, 0.25) is 0 Å². The molecule has 19 heavy (non-hydrogen) atoms. The van der Waals surface area contributed by atoms with Gasteiger partial charge in [-0.25, -0.2) is 4.79 Å². The van der Waals surface area contributed by atoms with Crippen molar-refractivity contribution >= 4 is 12.0 Å². The second-order valence-electron chi connectivity index (χ2n) is 6.52. The first-order chi connectivity index (χ1) is 8.90. The number of carboxylic acids is 1. The summed E-state index contributed by atoms with van der Waals surface area (Å²) >= 11 is 0. The highest BCUT2D eigenvalue weighted by Gasteiger charge is 2.45. The third-order valence-electron chi connectivity index (χ3n) is 4.52. The predicted molar refractivity (Wildman–Crippen MR) is 71.9 cm³/mol. The minimum Gasteiger partial charge on any atom is -0.481 e. The second-order valence-corrected chi connectivity index (χ2v) is 6.52. The average Bonchev–Trinajstić information content (AvgIpc) is 2.94. The molecule has 2 amide bonds. The Morgan fingerprint density at radius 2 is 2.05 bits per heavy atom. The quantitative estimate of drug-likeness (QED) is 0.820. The van der Waals surface area contributed by atoms with E-state index in [4.69, 9.17) is 5.11 Å². The molecule has 2 N–H and O–H groups in total. The van der Waals surface area contributed by atoms with Gasteiger partial charge in [0.15, 0.2) is 0 Å². The molecule has 0 aromatic heterocycles. The monoisotopic (exact) mass is 268 g/mol. The number of likely N-dealkylation sites (tertiary alicyclic amines) is 1. The van der Waals surface area contributed by atoms with Crippen LogP contribution in [0.15, 0.2) is 0 Å². The minimum absolute atomic E-state index is 0.0579. The van der Waals surface area contributed by atoms with Crippen LogP contribution < -0.4 is 5.32 Å². The van der Waals surface area contributed by atoms with E-state index < -0.39 is 5.97 Å². The second kappa shape index (κ2) is 5.39. The van der Waals surface area contributed by atoms with Gasteiger partial charge in [0.25, 0.3) is 0 Å². The molecular weight excluding hydrogens is 244 g/mol. The molecule has 5 nitrogen and oxygen atoms in total. The molecule has 1 saturated heterocycles. The van der Waals surface area contributed by atoms with Gasteiger partial charge in [0.1, 0.15) is 0 Å². The van der Waals surface area contributed by atoms with Gasteiger partial charge < -0.3 is 15.3 Å². The van der Waals surface area contributed by atoms with Gasteiger partial charge >= 0.3 is 12.0 Å². The summed E-state index contributed by atoms with van der Waals surface area (Å²) < 4.78 is 0. The molecule has 5 heteroatoms.